The minimum atomic E-state index is -0.580. The number of benzene rings is 2. The van der Waals surface area contributed by atoms with Gasteiger partial charge in [0.25, 0.3) is 0 Å². The van der Waals surface area contributed by atoms with Gasteiger partial charge in [-0.3, -0.25) is 29.9 Å². The summed E-state index contributed by atoms with van der Waals surface area (Å²) >= 11 is 1.31. The second-order valence-corrected chi connectivity index (χ2v) is 9.61. The first-order chi connectivity index (χ1) is 16.7. The van der Waals surface area contributed by atoms with Crippen LogP contribution in [0.5, 0.6) is 0 Å². The molecule has 4 atom stereocenters. The summed E-state index contributed by atoms with van der Waals surface area (Å²) in [4.78, 5) is 52.3. The molecule has 2 aromatic rings. The lowest BCUT2D eigenvalue weighted by molar-refractivity contribution is -0.140. The van der Waals surface area contributed by atoms with Crippen LogP contribution in [0.4, 0.5) is 16.2 Å². The predicted octanol–water partition coefficient (Wildman–Crippen LogP) is 2.00. The van der Waals surface area contributed by atoms with Gasteiger partial charge < -0.3 is 15.5 Å². The average Bonchev–Trinajstić information content (AvgIpc) is 2.84. The van der Waals surface area contributed by atoms with Gasteiger partial charge in [0, 0.05) is 32.4 Å². The molecular weight excluding hydrogens is 468 g/mol. The Morgan fingerprint density at radius 3 is 2.34 bits per heavy atom. The molecule has 0 radical (unpaired) electrons. The van der Waals surface area contributed by atoms with E-state index in [2.05, 4.69) is 21.3 Å². The second-order valence-electron chi connectivity index (χ2n) is 8.48. The Morgan fingerprint density at radius 2 is 1.66 bits per heavy atom. The van der Waals surface area contributed by atoms with Gasteiger partial charge in [-0.25, -0.2) is 4.79 Å². The molecular formula is C24H28N6O4S. The molecule has 2 fully saturated rings. The molecule has 2 aliphatic rings. The molecule has 0 bridgehead atoms. The highest BCUT2D eigenvalue weighted by Crippen LogP contribution is 2.34. The molecule has 2 saturated heterocycles. The van der Waals surface area contributed by atoms with Crippen LogP contribution in [0.3, 0.4) is 0 Å². The molecule has 2 aromatic carbocycles. The Balaban J connectivity index is 1.49. The molecule has 0 spiro atoms. The molecule has 0 aliphatic carbocycles. The molecule has 11 heteroatoms. The summed E-state index contributed by atoms with van der Waals surface area (Å²) in [5, 5.41) is 11.9. The number of imide groups is 1. The smallest absolute Gasteiger partial charge is 0.326 e. The number of rotatable bonds is 6. The monoisotopic (exact) mass is 496 g/mol. The van der Waals surface area contributed by atoms with E-state index in [0.717, 1.165) is 10.5 Å². The van der Waals surface area contributed by atoms with E-state index in [-0.39, 0.29) is 35.7 Å². The molecule has 4 unspecified atom stereocenters. The van der Waals surface area contributed by atoms with Crippen LogP contribution in [0.15, 0.2) is 54.6 Å². The molecule has 4 rings (SSSR count). The second kappa shape index (κ2) is 10.5. The lowest BCUT2D eigenvalue weighted by Gasteiger charge is -2.50. The van der Waals surface area contributed by atoms with Crippen LogP contribution < -0.4 is 21.3 Å². The zero-order valence-electron chi connectivity index (χ0n) is 19.6. The summed E-state index contributed by atoms with van der Waals surface area (Å²) in [7, 11) is 3.14. The largest absolute Gasteiger partial charge is 0.327 e. The van der Waals surface area contributed by atoms with E-state index >= 15 is 0 Å². The third-order valence-corrected chi connectivity index (χ3v) is 7.17. The number of fused-ring (bicyclic) bond motifs is 1. The van der Waals surface area contributed by atoms with Crippen LogP contribution in [-0.2, 0) is 14.4 Å². The van der Waals surface area contributed by atoms with Crippen LogP contribution in [0.2, 0.25) is 0 Å². The van der Waals surface area contributed by atoms with Crippen molar-refractivity contribution in [3.63, 3.8) is 0 Å². The first-order valence-corrected chi connectivity index (χ1v) is 12.2. The van der Waals surface area contributed by atoms with E-state index in [9.17, 15) is 19.2 Å². The molecule has 4 N–H and O–H groups in total. The third-order valence-electron chi connectivity index (χ3n) is 5.95. The summed E-state index contributed by atoms with van der Waals surface area (Å²) in [5.41, 5.74) is 2.10. The highest BCUT2D eigenvalue weighted by Gasteiger charge is 2.51. The van der Waals surface area contributed by atoms with Crippen molar-refractivity contribution in [2.75, 3.05) is 30.5 Å². The number of carbonyl (C=O) groups is 4. The van der Waals surface area contributed by atoms with E-state index in [4.69, 9.17) is 0 Å². The summed E-state index contributed by atoms with van der Waals surface area (Å²) in [6.07, 6.45) is -0.827. The van der Waals surface area contributed by atoms with Gasteiger partial charge in [0.05, 0.1) is 29.4 Å². The molecule has 5 amide bonds. The fourth-order valence-electron chi connectivity index (χ4n) is 4.28. The Labute approximate surface area is 207 Å². The Kier molecular flexibility index (Phi) is 7.39. The van der Waals surface area contributed by atoms with Crippen molar-refractivity contribution in [3.05, 3.63) is 60.2 Å². The number of nitrogens with one attached hydrogen (secondary N) is 4. The van der Waals surface area contributed by atoms with Gasteiger partial charge in [-0.05, 0) is 23.8 Å². The van der Waals surface area contributed by atoms with Gasteiger partial charge in [0.2, 0.25) is 17.7 Å². The first kappa shape index (κ1) is 24.7. The number of carbonyl (C=O) groups excluding carboxylic acids is 4. The van der Waals surface area contributed by atoms with Crippen molar-refractivity contribution in [2.45, 2.75) is 24.6 Å². The van der Waals surface area contributed by atoms with Gasteiger partial charge in [0.1, 0.15) is 0 Å². The Morgan fingerprint density at radius 1 is 0.971 bits per heavy atom. The van der Waals surface area contributed by atoms with Crippen LogP contribution in [-0.4, -0.2) is 64.9 Å². The van der Waals surface area contributed by atoms with Crippen molar-refractivity contribution in [1.82, 2.24) is 20.4 Å². The van der Waals surface area contributed by atoms with Crippen LogP contribution in [0.1, 0.15) is 18.7 Å². The standard InChI is InChI=1S/C24H28N6O4S/c1-14(31)25-16-10-7-11-17(12-16)26-18(32)13-35-22-19-21(29(2)24(34)30(3)23(19)33)27-20(28-22)15-8-5-4-6-9-15/h4-12,19-22,27-28H,13H2,1-3H3,(H,25,31)(H,26,32). The normalized spacial score (nSPS) is 24.1. The van der Waals surface area contributed by atoms with Crippen molar-refractivity contribution in [1.29, 1.82) is 0 Å². The highest BCUT2D eigenvalue weighted by atomic mass is 32.2. The van der Waals surface area contributed by atoms with E-state index in [1.54, 1.807) is 31.3 Å². The van der Waals surface area contributed by atoms with E-state index in [1.165, 1.54) is 30.6 Å². The summed E-state index contributed by atoms with van der Waals surface area (Å²) < 4.78 is 0. The SMILES string of the molecule is CC(=O)Nc1cccc(NC(=O)CSC2NC(c3ccccc3)NC3C2C(=O)N(C)C(=O)N3C)c1. The highest BCUT2D eigenvalue weighted by molar-refractivity contribution is 8.00. The van der Waals surface area contributed by atoms with Crippen molar-refractivity contribution in [3.8, 4) is 0 Å². The van der Waals surface area contributed by atoms with Crippen molar-refractivity contribution in [2.24, 2.45) is 5.92 Å². The maximum absolute atomic E-state index is 13.1. The lowest BCUT2D eigenvalue weighted by atomic mass is 9.96. The number of amides is 5. The minimum absolute atomic E-state index is 0.0847. The zero-order valence-corrected chi connectivity index (χ0v) is 20.5. The van der Waals surface area contributed by atoms with E-state index < -0.39 is 17.5 Å². The number of hydrogen-bond donors (Lipinski definition) is 4. The summed E-state index contributed by atoms with van der Waals surface area (Å²) in [6.45, 7) is 1.42. The number of anilines is 2. The molecule has 2 aliphatic heterocycles. The number of hydrogen-bond acceptors (Lipinski definition) is 7. The average molecular weight is 497 g/mol. The van der Waals surface area contributed by atoms with Gasteiger partial charge >= 0.3 is 6.03 Å². The molecule has 184 valence electrons. The molecule has 0 saturated carbocycles. The molecule has 10 nitrogen and oxygen atoms in total. The van der Waals surface area contributed by atoms with Crippen LogP contribution >= 0.6 is 11.8 Å². The quantitative estimate of drug-likeness (QED) is 0.482. The summed E-state index contributed by atoms with van der Waals surface area (Å²) in [5.74, 6) is -1.24. The topological polar surface area (TPSA) is 123 Å². The maximum atomic E-state index is 13.1. The fourth-order valence-corrected chi connectivity index (χ4v) is 5.38. The number of urea groups is 1. The third kappa shape index (κ3) is 5.47. The van der Waals surface area contributed by atoms with Crippen molar-refractivity contribution >= 4 is 46.9 Å². The van der Waals surface area contributed by atoms with Gasteiger partial charge in [-0.1, -0.05) is 36.4 Å². The van der Waals surface area contributed by atoms with Crippen molar-refractivity contribution < 1.29 is 19.2 Å². The molecule has 0 aromatic heterocycles. The lowest BCUT2D eigenvalue weighted by Crippen LogP contribution is -2.72. The maximum Gasteiger partial charge on any atom is 0.327 e. The van der Waals surface area contributed by atoms with Gasteiger partial charge in [0.15, 0.2) is 0 Å². The molecule has 35 heavy (non-hydrogen) atoms. The number of thioether (sulfide) groups is 1. The Hall–Kier alpha value is -3.41. The summed E-state index contributed by atoms with van der Waals surface area (Å²) in [6, 6.07) is 16.2. The zero-order chi connectivity index (χ0) is 25.1. The number of nitrogens with zero attached hydrogens (tertiary/aromatic N) is 2. The van der Waals surface area contributed by atoms with Crippen LogP contribution in [0.25, 0.3) is 0 Å². The van der Waals surface area contributed by atoms with Crippen LogP contribution in [0, 0.1) is 5.92 Å². The minimum Gasteiger partial charge on any atom is -0.326 e. The predicted molar refractivity (Wildman–Crippen MR) is 134 cm³/mol. The van der Waals surface area contributed by atoms with Gasteiger partial charge in [-0.2, -0.15) is 0 Å². The fraction of sp³-hybridized carbons (Fsp3) is 0.333. The molecule has 2 heterocycles. The Bertz CT molecular complexity index is 1130. The van der Waals surface area contributed by atoms with E-state index in [0.29, 0.717) is 11.4 Å². The first-order valence-electron chi connectivity index (χ1n) is 11.1. The van der Waals surface area contributed by atoms with E-state index in [1.807, 2.05) is 30.3 Å². The van der Waals surface area contributed by atoms with Gasteiger partial charge in [-0.15, -0.1) is 11.8 Å².